The fourth-order valence-electron chi connectivity index (χ4n) is 3.44. The molecule has 1 N–H and O–H groups in total. The van der Waals surface area contributed by atoms with Gasteiger partial charge in [0.2, 0.25) is 5.91 Å². The normalized spacial score (nSPS) is 27.6. The van der Waals surface area contributed by atoms with E-state index in [1.54, 1.807) is 4.68 Å². The lowest BCUT2D eigenvalue weighted by Crippen LogP contribution is -2.49. The van der Waals surface area contributed by atoms with Crippen molar-refractivity contribution in [2.24, 2.45) is 0 Å². The van der Waals surface area contributed by atoms with E-state index >= 15 is 0 Å². The lowest BCUT2D eigenvalue weighted by atomic mass is 9.89. The van der Waals surface area contributed by atoms with E-state index in [1.807, 2.05) is 24.3 Å². The van der Waals surface area contributed by atoms with Crippen LogP contribution in [0.1, 0.15) is 19.3 Å². The highest BCUT2D eigenvalue weighted by molar-refractivity contribution is 5.79. The zero-order valence-corrected chi connectivity index (χ0v) is 12.9. The highest BCUT2D eigenvalue weighted by Gasteiger charge is 2.34. The van der Waals surface area contributed by atoms with Crippen LogP contribution < -0.4 is 5.32 Å². The average Bonchev–Trinajstić information content (AvgIpc) is 2.98. The molecule has 122 valence electrons. The first-order valence-corrected chi connectivity index (χ1v) is 8.10. The maximum atomic E-state index is 12.3. The first-order valence-electron chi connectivity index (χ1n) is 8.10. The first-order chi connectivity index (χ1) is 11.3. The van der Waals surface area contributed by atoms with Crippen molar-refractivity contribution in [3.8, 4) is 0 Å². The molecule has 0 radical (unpaired) electrons. The number of fused-ring (bicyclic) bond motifs is 2. The number of ether oxygens (including phenoxy) is 2. The van der Waals surface area contributed by atoms with Crippen molar-refractivity contribution in [3.05, 3.63) is 24.3 Å². The summed E-state index contributed by atoms with van der Waals surface area (Å²) < 4.78 is 13.1. The third kappa shape index (κ3) is 3.07. The molecule has 0 spiro atoms. The van der Waals surface area contributed by atoms with Crippen LogP contribution in [-0.2, 0) is 20.8 Å². The van der Waals surface area contributed by atoms with Crippen molar-refractivity contribution in [2.45, 2.75) is 44.1 Å². The summed E-state index contributed by atoms with van der Waals surface area (Å²) in [6.45, 7) is 1.51. The van der Waals surface area contributed by atoms with Gasteiger partial charge in [-0.1, -0.05) is 17.3 Å². The minimum absolute atomic E-state index is 0.0409. The van der Waals surface area contributed by atoms with E-state index in [2.05, 4.69) is 15.6 Å². The topological polar surface area (TPSA) is 78.3 Å². The summed E-state index contributed by atoms with van der Waals surface area (Å²) in [7, 11) is 0. The third-order valence-corrected chi connectivity index (χ3v) is 4.56. The zero-order valence-electron chi connectivity index (χ0n) is 12.9. The van der Waals surface area contributed by atoms with E-state index < -0.39 is 0 Å². The molecule has 2 fully saturated rings. The Hall–Kier alpha value is -1.99. The SMILES string of the molecule is O=C(Cn1nnc2ccccc21)NC1CCC2OCCOC2C1. The number of amides is 1. The van der Waals surface area contributed by atoms with Crippen LogP contribution in [0.3, 0.4) is 0 Å². The summed E-state index contributed by atoms with van der Waals surface area (Å²) in [5.74, 6) is -0.0409. The third-order valence-electron chi connectivity index (χ3n) is 4.56. The summed E-state index contributed by atoms with van der Waals surface area (Å²) >= 11 is 0. The molecule has 23 heavy (non-hydrogen) atoms. The van der Waals surface area contributed by atoms with Crippen LogP contribution in [0.2, 0.25) is 0 Å². The number of rotatable bonds is 3. The van der Waals surface area contributed by atoms with Gasteiger partial charge in [0.25, 0.3) is 0 Å². The monoisotopic (exact) mass is 316 g/mol. The molecule has 1 aliphatic heterocycles. The Labute approximate surface area is 133 Å². The highest BCUT2D eigenvalue weighted by atomic mass is 16.6. The summed E-state index contributed by atoms with van der Waals surface area (Å²) in [4.78, 5) is 12.3. The van der Waals surface area contributed by atoms with Gasteiger partial charge in [-0.05, 0) is 31.4 Å². The quantitative estimate of drug-likeness (QED) is 0.909. The number of para-hydroxylation sites is 1. The number of nitrogens with zero attached hydrogens (tertiary/aromatic N) is 3. The summed E-state index contributed by atoms with van der Waals surface area (Å²) in [6.07, 6.45) is 2.97. The van der Waals surface area contributed by atoms with E-state index in [0.717, 1.165) is 30.3 Å². The number of hydrogen-bond donors (Lipinski definition) is 1. The molecule has 3 atom stereocenters. The number of benzene rings is 1. The van der Waals surface area contributed by atoms with Gasteiger partial charge >= 0.3 is 0 Å². The Morgan fingerprint density at radius 1 is 1.22 bits per heavy atom. The second-order valence-corrected chi connectivity index (χ2v) is 6.13. The molecule has 1 aliphatic carbocycles. The average molecular weight is 316 g/mol. The fourth-order valence-corrected chi connectivity index (χ4v) is 3.44. The Morgan fingerprint density at radius 3 is 2.96 bits per heavy atom. The van der Waals surface area contributed by atoms with Gasteiger partial charge < -0.3 is 14.8 Å². The number of carbonyl (C=O) groups excluding carboxylic acids is 1. The van der Waals surface area contributed by atoms with Gasteiger partial charge in [0.1, 0.15) is 12.1 Å². The molecule has 1 saturated carbocycles. The van der Waals surface area contributed by atoms with Gasteiger partial charge in [-0.2, -0.15) is 0 Å². The second kappa shape index (κ2) is 6.25. The van der Waals surface area contributed by atoms with Crippen molar-refractivity contribution in [2.75, 3.05) is 13.2 Å². The maximum Gasteiger partial charge on any atom is 0.242 e. The Kier molecular flexibility index (Phi) is 3.97. The zero-order chi connectivity index (χ0) is 15.6. The fraction of sp³-hybridized carbons (Fsp3) is 0.562. The van der Waals surface area contributed by atoms with Gasteiger partial charge in [0.05, 0.1) is 30.9 Å². The van der Waals surface area contributed by atoms with Crippen molar-refractivity contribution in [1.82, 2.24) is 20.3 Å². The lowest BCUT2D eigenvalue weighted by Gasteiger charge is -2.39. The molecular weight excluding hydrogens is 296 g/mol. The van der Waals surface area contributed by atoms with E-state index in [1.165, 1.54) is 0 Å². The Balaban J connectivity index is 1.36. The maximum absolute atomic E-state index is 12.3. The molecule has 7 heteroatoms. The molecule has 1 saturated heterocycles. The second-order valence-electron chi connectivity index (χ2n) is 6.13. The minimum atomic E-state index is -0.0409. The molecular formula is C16H20N4O3. The number of nitrogens with one attached hydrogen (secondary N) is 1. The summed E-state index contributed by atoms with van der Waals surface area (Å²) in [5.41, 5.74) is 1.67. The van der Waals surface area contributed by atoms with Crippen LogP contribution in [0.4, 0.5) is 0 Å². The van der Waals surface area contributed by atoms with Gasteiger partial charge in [0.15, 0.2) is 0 Å². The molecule has 0 bridgehead atoms. The van der Waals surface area contributed by atoms with Gasteiger partial charge in [-0.25, -0.2) is 4.68 Å². The molecule has 3 unspecified atom stereocenters. The Bertz CT molecular complexity index is 701. The van der Waals surface area contributed by atoms with Gasteiger partial charge in [-0.15, -0.1) is 5.10 Å². The molecule has 1 aromatic heterocycles. The van der Waals surface area contributed by atoms with E-state index in [-0.39, 0.29) is 30.7 Å². The van der Waals surface area contributed by atoms with E-state index in [0.29, 0.717) is 13.2 Å². The van der Waals surface area contributed by atoms with Crippen LogP contribution >= 0.6 is 0 Å². The van der Waals surface area contributed by atoms with Crippen LogP contribution in [0, 0.1) is 0 Å². The first kappa shape index (κ1) is 14.6. The smallest absolute Gasteiger partial charge is 0.242 e. The number of carbonyl (C=O) groups is 1. The van der Waals surface area contributed by atoms with E-state index in [4.69, 9.17) is 9.47 Å². The molecule has 2 aromatic rings. The van der Waals surface area contributed by atoms with E-state index in [9.17, 15) is 4.79 Å². The summed E-state index contributed by atoms with van der Waals surface area (Å²) in [6, 6.07) is 7.77. The largest absolute Gasteiger partial charge is 0.373 e. The predicted octanol–water partition coefficient (Wildman–Crippen LogP) is 0.884. The van der Waals surface area contributed by atoms with Crippen molar-refractivity contribution in [1.29, 1.82) is 0 Å². The van der Waals surface area contributed by atoms with Crippen molar-refractivity contribution < 1.29 is 14.3 Å². The predicted molar refractivity (Wildman–Crippen MR) is 82.8 cm³/mol. The van der Waals surface area contributed by atoms with Crippen LogP contribution in [0.5, 0.6) is 0 Å². The van der Waals surface area contributed by atoms with Crippen LogP contribution in [0.15, 0.2) is 24.3 Å². The van der Waals surface area contributed by atoms with Crippen molar-refractivity contribution >= 4 is 16.9 Å². The number of aromatic nitrogens is 3. The standard InChI is InChI=1S/C16H20N4O3/c21-16(10-20-13-4-2-1-3-12(13)18-19-20)17-11-5-6-14-15(9-11)23-8-7-22-14/h1-4,11,14-15H,5-10H2,(H,17,21). The van der Waals surface area contributed by atoms with Crippen LogP contribution in [-0.4, -0.2) is 52.4 Å². The lowest BCUT2D eigenvalue weighted by molar-refractivity contribution is -0.158. The minimum Gasteiger partial charge on any atom is -0.373 e. The molecule has 7 nitrogen and oxygen atoms in total. The molecule has 1 aromatic carbocycles. The van der Waals surface area contributed by atoms with Crippen LogP contribution in [0.25, 0.3) is 11.0 Å². The molecule has 4 rings (SSSR count). The summed E-state index contributed by atoms with van der Waals surface area (Å²) in [5, 5.41) is 11.2. The number of hydrogen-bond acceptors (Lipinski definition) is 5. The van der Waals surface area contributed by atoms with Crippen molar-refractivity contribution in [3.63, 3.8) is 0 Å². The van der Waals surface area contributed by atoms with Gasteiger partial charge in [0, 0.05) is 6.04 Å². The highest BCUT2D eigenvalue weighted by Crippen LogP contribution is 2.26. The van der Waals surface area contributed by atoms with Gasteiger partial charge in [-0.3, -0.25) is 4.79 Å². The molecule has 2 aliphatic rings. The Morgan fingerprint density at radius 2 is 2.04 bits per heavy atom. The molecule has 2 heterocycles. The molecule has 1 amide bonds.